The lowest BCUT2D eigenvalue weighted by molar-refractivity contribution is 0.425. The third kappa shape index (κ3) is 4.42. The first-order valence-electron chi connectivity index (χ1n) is 7.18. The maximum atomic E-state index is 9.71. The van der Waals surface area contributed by atoms with Gasteiger partial charge in [0.05, 0.1) is 0 Å². The number of rotatable bonds is 5. The molecule has 0 spiro atoms. The van der Waals surface area contributed by atoms with Gasteiger partial charge in [-0.2, -0.15) is 0 Å². The van der Waals surface area contributed by atoms with Crippen LogP contribution in [0, 0.1) is 0 Å². The summed E-state index contributed by atoms with van der Waals surface area (Å²) in [4.78, 5) is 4.02. The van der Waals surface area contributed by atoms with Crippen molar-refractivity contribution in [2.45, 2.75) is 19.6 Å². The molecule has 3 aromatic carbocycles. The normalized spacial score (nSPS) is 10.5. The summed E-state index contributed by atoms with van der Waals surface area (Å²) < 4.78 is 0. The van der Waals surface area contributed by atoms with Crippen LogP contribution in [-0.2, 0) is 0 Å². The fourth-order valence-corrected chi connectivity index (χ4v) is 3.98. The lowest BCUT2D eigenvalue weighted by Gasteiger charge is -2.11. The van der Waals surface area contributed by atoms with Gasteiger partial charge in [0.2, 0.25) is 0 Å². The van der Waals surface area contributed by atoms with Crippen molar-refractivity contribution in [2.75, 3.05) is 0 Å². The van der Waals surface area contributed by atoms with E-state index in [1.54, 1.807) is 11.8 Å². The summed E-state index contributed by atoms with van der Waals surface area (Å²) in [7, 11) is -1.49. The molecule has 0 radical (unpaired) electrons. The number of hydrogen-bond donors (Lipinski definition) is 2. The van der Waals surface area contributed by atoms with Crippen molar-refractivity contribution in [1.29, 1.82) is 0 Å². The van der Waals surface area contributed by atoms with Crippen molar-refractivity contribution in [3.63, 3.8) is 0 Å². The molecule has 0 aliphatic rings. The second-order valence-corrected chi connectivity index (χ2v) is 7.17. The standard InChI is InChI=1S/C18H15BO2S2/c20-19(21)17-13-16(22-14-7-3-1-4-8-14)11-12-18(17)23-15-9-5-2-6-10-15/h1-13,20-21H. The average Bonchev–Trinajstić information content (AvgIpc) is 2.58. The van der Waals surface area contributed by atoms with E-state index in [2.05, 4.69) is 0 Å². The predicted molar refractivity (Wildman–Crippen MR) is 97.4 cm³/mol. The summed E-state index contributed by atoms with van der Waals surface area (Å²) in [6.07, 6.45) is 0. The minimum absolute atomic E-state index is 0.528. The summed E-state index contributed by atoms with van der Waals surface area (Å²) in [5.41, 5.74) is 0.528. The molecular formula is C18H15BO2S2. The summed E-state index contributed by atoms with van der Waals surface area (Å²) in [6, 6.07) is 25.7. The first kappa shape index (κ1) is 16.2. The molecule has 2 nitrogen and oxygen atoms in total. The van der Waals surface area contributed by atoms with Gasteiger partial charge >= 0.3 is 7.12 Å². The number of benzene rings is 3. The maximum absolute atomic E-state index is 9.71. The van der Waals surface area contributed by atoms with E-state index in [9.17, 15) is 10.0 Å². The summed E-state index contributed by atoms with van der Waals surface area (Å²) in [5.74, 6) is 0. The van der Waals surface area contributed by atoms with Crippen molar-refractivity contribution in [1.82, 2.24) is 0 Å². The monoisotopic (exact) mass is 338 g/mol. The topological polar surface area (TPSA) is 40.5 Å². The first-order valence-corrected chi connectivity index (χ1v) is 8.81. The molecule has 0 saturated heterocycles. The van der Waals surface area contributed by atoms with Gasteiger partial charge in [0.25, 0.3) is 0 Å². The van der Waals surface area contributed by atoms with E-state index in [1.807, 2.05) is 78.9 Å². The van der Waals surface area contributed by atoms with E-state index in [1.165, 1.54) is 11.8 Å². The van der Waals surface area contributed by atoms with Gasteiger partial charge in [-0.25, -0.2) is 0 Å². The Morgan fingerprint density at radius 1 is 0.609 bits per heavy atom. The quantitative estimate of drug-likeness (QED) is 0.697. The minimum Gasteiger partial charge on any atom is -0.423 e. The minimum atomic E-state index is -1.49. The molecule has 0 atom stereocenters. The summed E-state index contributed by atoms with van der Waals surface area (Å²) >= 11 is 3.13. The molecule has 5 heteroatoms. The predicted octanol–water partition coefficient (Wildman–Crippen LogP) is 3.67. The molecule has 0 saturated carbocycles. The van der Waals surface area contributed by atoms with E-state index in [0.717, 1.165) is 19.6 Å². The third-order valence-corrected chi connectivity index (χ3v) is 5.31. The Morgan fingerprint density at radius 3 is 1.74 bits per heavy atom. The second kappa shape index (κ2) is 7.75. The molecule has 23 heavy (non-hydrogen) atoms. The van der Waals surface area contributed by atoms with Gasteiger partial charge < -0.3 is 10.0 Å². The second-order valence-electron chi connectivity index (χ2n) is 4.90. The van der Waals surface area contributed by atoms with Gasteiger partial charge in [-0.3, -0.25) is 0 Å². The van der Waals surface area contributed by atoms with Gasteiger partial charge in [-0.05, 0) is 47.9 Å². The van der Waals surface area contributed by atoms with Crippen LogP contribution < -0.4 is 5.46 Å². The Labute approximate surface area is 144 Å². The zero-order chi connectivity index (χ0) is 16.1. The van der Waals surface area contributed by atoms with E-state index in [4.69, 9.17) is 0 Å². The molecule has 0 aliphatic carbocycles. The first-order chi connectivity index (χ1) is 11.2. The van der Waals surface area contributed by atoms with Crippen LogP contribution in [-0.4, -0.2) is 17.2 Å². The van der Waals surface area contributed by atoms with Gasteiger partial charge in [-0.15, -0.1) is 0 Å². The van der Waals surface area contributed by atoms with Crippen molar-refractivity contribution in [2.24, 2.45) is 0 Å². The highest BCUT2D eigenvalue weighted by Crippen LogP contribution is 2.31. The van der Waals surface area contributed by atoms with E-state index in [0.29, 0.717) is 5.46 Å². The Bertz CT molecular complexity index is 764. The summed E-state index contributed by atoms with van der Waals surface area (Å²) in [5, 5.41) is 19.4. The van der Waals surface area contributed by atoms with Gasteiger partial charge in [-0.1, -0.05) is 59.9 Å². The molecular weight excluding hydrogens is 323 g/mol. The zero-order valence-electron chi connectivity index (χ0n) is 12.3. The van der Waals surface area contributed by atoms with Crippen LogP contribution in [0.4, 0.5) is 0 Å². The maximum Gasteiger partial charge on any atom is 0.489 e. The molecule has 0 amide bonds. The molecule has 3 aromatic rings. The molecule has 0 aromatic heterocycles. The Hall–Kier alpha value is -1.66. The van der Waals surface area contributed by atoms with Crippen LogP contribution in [0.3, 0.4) is 0 Å². The highest BCUT2D eigenvalue weighted by atomic mass is 32.2. The Kier molecular flexibility index (Phi) is 5.46. The molecule has 0 unspecified atom stereocenters. The van der Waals surface area contributed by atoms with Crippen molar-refractivity contribution < 1.29 is 10.0 Å². The van der Waals surface area contributed by atoms with Crippen LogP contribution in [0.15, 0.2) is 98.4 Å². The highest BCUT2D eigenvalue weighted by Gasteiger charge is 2.17. The molecule has 0 fully saturated rings. The van der Waals surface area contributed by atoms with Crippen LogP contribution in [0.2, 0.25) is 0 Å². The van der Waals surface area contributed by atoms with Gasteiger partial charge in [0.1, 0.15) is 0 Å². The lowest BCUT2D eigenvalue weighted by Crippen LogP contribution is -2.31. The van der Waals surface area contributed by atoms with Crippen LogP contribution in [0.1, 0.15) is 0 Å². The van der Waals surface area contributed by atoms with E-state index >= 15 is 0 Å². The van der Waals surface area contributed by atoms with Crippen LogP contribution >= 0.6 is 23.5 Å². The highest BCUT2D eigenvalue weighted by molar-refractivity contribution is 8.00. The molecule has 3 rings (SSSR count). The van der Waals surface area contributed by atoms with Crippen molar-refractivity contribution >= 4 is 36.1 Å². The van der Waals surface area contributed by atoms with E-state index in [-0.39, 0.29) is 0 Å². The molecule has 0 heterocycles. The fourth-order valence-electron chi connectivity index (χ4n) is 2.12. The largest absolute Gasteiger partial charge is 0.489 e. The van der Waals surface area contributed by atoms with Crippen LogP contribution in [0.5, 0.6) is 0 Å². The lowest BCUT2D eigenvalue weighted by atomic mass is 9.80. The fraction of sp³-hybridized carbons (Fsp3) is 0. The average molecular weight is 338 g/mol. The summed E-state index contributed by atoms with van der Waals surface area (Å²) in [6.45, 7) is 0. The Balaban J connectivity index is 1.86. The third-order valence-electron chi connectivity index (χ3n) is 3.21. The molecule has 0 aliphatic heterocycles. The molecule has 0 bridgehead atoms. The SMILES string of the molecule is OB(O)c1cc(Sc2ccccc2)ccc1Sc1ccccc1. The molecule has 114 valence electrons. The molecule has 2 N–H and O–H groups in total. The zero-order valence-corrected chi connectivity index (χ0v) is 13.9. The Morgan fingerprint density at radius 2 is 1.17 bits per heavy atom. The number of hydrogen-bond acceptors (Lipinski definition) is 4. The van der Waals surface area contributed by atoms with Crippen LogP contribution in [0.25, 0.3) is 0 Å². The van der Waals surface area contributed by atoms with Gasteiger partial charge in [0, 0.05) is 19.6 Å². The van der Waals surface area contributed by atoms with Crippen molar-refractivity contribution in [3.8, 4) is 0 Å². The van der Waals surface area contributed by atoms with E-state index < -0.39 is 7.12 Å². The van der Waals surface area contributed by atoms with Gasteiger partial charge in [0.15, 0.2) is 0 Å². The van der Waals surface area contributed by atoms with Crippen molar-refractivity contribution in [3.05, 3.63) is 78.9 Å². The smallest absolute Gasteiger partial charge is 0.423 e.